The van der Waals surface area contributed by atoms with Crippen LogP contribution in [0, 0.1) is 6.92 Å². The van der Waals surface area contributed by atoms with Crippen LogP contribution in [0.25, 0.3) is 67.6 Å². The minimum atomic E-state index is -0.115. The fourth-order valence-corrected chi connectivity index (χ4v) is 20.0. The molecule has 0 aliphatic carbocycles. The minimum absolute atomic E-state index is 0.109. The van der Waals surface area contributed by atoms with Gasteiger partial charge in [-0.3, -0.25) is 34.0 Å². The largest absolute Gasteiger partial charge is 0.497 e. The molecular weight excluding hydrogens is 1830 g/mol. The van der Waals surface area contributed by atoms with Gasteiger partial charge in [0.15, 0.2) is 40.1 Å². The number of ether oxygens (including phenoxy) is 4. The van der Waals surface area contributed by atoms with E-state index in [1.54, 1.807) is 47.4 Å². The summed E-state index contributed by atoms with van der Waals surface area (Å²) in [6.07, 6.45) is 13.9. The molecule has 145 heavy (non-hydrogen) atoms. The SMILES string of the molecule is COc1ccc(-c2cccc3nc(Cc4cccc(N(C)C(=O)C(C)N5CCCC5)c4)nn23)cc1.COc1ccc(-c2cccc3nc(Cc4cccc(N(C)C(=O)C(C)N5CCCCC5)c4)nn23)cc1.COc1ccc(-c2cccc3nc(Cc4cccc(N(C)C(=O)C(C)N5CCCCC5)c4)nn23)cc1.Cc1ncsc1CNc1cccc(-c2cccc3nc(Nc4ccc(OCCN5CCCC5)cc4)nn23)c1. The number of pyridine rings is 4. The first-order chi connectivity index (χ1) is 70.8. The predicted molar refractivity (Wildman–Crippen MR) is 576 cm³/mol. The molecule has 4 saturated heterocycles. The number of aryl methyl sites for hydroxylation is 1. The number of nitrogens with one attached hydrogen (secondary N) is 2. The van der Waals surface area contributed by atoms with Crippen molar-refractivity contribution in [1.82, 2.24) is 83.0 Å². The third kappa shape index (κ3) is 24.7. The molecule has 21 rings (SSSR count). The number of piperidine rings is 2. The fourth-order valence-electron chi connectivity index (χ4n) is 19.3. The van der Waals surface area contributed by atoms with Gasteiger partial charge < -0.3 is 44.3 Å². The number of likely N-dealkylation sites (N-methyl/N-ethyl adjacent to an activating group) is 3. The van der Waals surface area contributed by atoms with Gasteiger partial charge in [0.05, 0.1) is 80.0 Å². The number of amides is 3. The Kier molecular flexibility index (Phi) is 32.7. The lowest BCUT2D eigenvalue weighted by Crippen LogP contribution is -2.47. The molecule has 0 spiro atoms. The average Bonchev–Trinajstić information content (AvgIpc) is 1.66. The highest BCUT2D eigenvalue weighted by molar-refractivity contribution is 7.09. The normalized spacial score (nSPS) is 14.7. The maximum atomic E-state index is 13.2. The Bertz CT molecular complexity index is 7010. The van der Waals surface area contributed by atoms with Gasteiger partial charge in [-0.25, -0.2) is 38.0 Å². The van der Waals surface area contributed by atoms with Crippen LogP contribution < -0.4 is 44.3 Å². The summed E-state index contributed by atoms with van der Waals surface area (Å²) in [4.78, 5) is 78.7. The molecule has 0 saturated carbocycles. The predicted octanol–water partition coefficient (Wildman–Crippen LogP) is 20.1. The Balaban J connectivity index is 0.000000127. The van der Waals surface area contributed by atoms with E-state index in [0.717, 1.165) is 211 Å². The number of anilines is 6. The zero-order valence-corrected chi connectivity index (χ0v) is 85.2. The van der Waals surface area contributed by atoms with Crippen molar-refractivity contribution >= 4 is 86.0 Å². The van der Waals surface area contributed by atoms with Crippen LogP contribution in [0.2, 0.25) is 0 Å². The second-order valence-corrected chi connectivity index (χ2v) is 38.4. The Labute approximate surface area is 851 Å². The third-order valence-corrected chi connectivity index (χ3v) is 28.7. The summed E-state index contributed by atoms with van der Waals surface area (Å²) in [5.74, 6) is 6.48. The molecule has 746 valence electrons. The van der Waals surface area contributed by atoms with E-state index in [1.807, 2.05) is 273 Å². The van der Waals surface area contributed by atoms with Crippen LogP contribution in [-0.4, -0.2) is 227 Å². The van der Waals surface area contributed by atoms with Crippen LogP contribution in [0.15, 0.2) is 272 Å². The average molecular weight is 1960 g/mol. The Hall–Kier alpha value is -15.1. The molecular formula is C115H128N22O7S. The molecule has 9 aromatic heterocycles. The van der Waals surface area contributed by atoms with Crippen molar-refractivity contribution in [3.8, 4) is 68.0 Å². The van der Waals surface area contributed by atoms with Crippen molar-refractivity contribution in [3.05, 3.63) is 317 Å². The molecule has 17 aromatic rings. The first kappa shape index (κ1) is 100. The van der Waals surface area contributed by atoms with E-state index in [2.05, 4.69) is 102 Å². The highest BCUT2D eigenvalue weighted by Crippen LogP contribution is 2.34. The van der Waals surface area contributed by atoms with E-state index in [9.17, 15) is 14.4 Å². The Morgan fingerprint density at radius 3 is 1.11 bits per heavy atom. The highest BCUT2D eigenvalue weighted by atomic mass is 32.1. The minimum Gasteiger partial charge on any atom is -0.497 e. The number of likely N-dealkylation sites (tertiary alicyclic amines) is 4. The molecule has 3 unspecified atom stereocenters. The summed E-state index contributed by atoms with van der Waals surface area (Å²) >= 11 is 1.67. The standard InChI is InChI=1S/C29H31N7OS.2C29H33N5O2.C28H31N5O2/c1-21-27(38-20-31-21)19-30-24-7-4-6-22(18-24)26-8-5-9-28-33-29(34-36(26)28)32-23-10-12-25(13-11-23)37-17-16-35-14-2-3-15-35;2*1-21(33-17-5-4-6-18-33)29(35)32(2)24-10-7-9-22(19-24)20-27-30-28-12-8-11-26(34(28)31-27)23-13-15-25(36-3)16-14-23;1-20(32-16-4-5-17-32)28(34)31(2)23-9-6-8-21(18-23)19-26-29-27-11-7-10-25(33(27)30-26)22-12-14-24(35-3)15-13-22/h4-13,18,20,30H,2-3,14-17,19H2,1H3,(H,32,34);2*7-16,19,21H,4-6,17-18,20H2,1-3H3;6-15,18,20H,4-5,16-17,19H2,1-3H3. The Morgan fingerprint density at radius 2 is 0.724 bits per heavy atom. The van der Waals surface area contributed by atoms with E-state index in [4.69, 9.17) is 59.3 Å². The highest BCUT2D eigenvalue weighted by Gasteiger charge is 2.31. The zero-order valence-electron chi connectivity index (χ0n) is 84.4. The summed E-state index contributed by atoms with van der Waals surface area (Å²) in [6.45, 7) is 18.9. The van der Waals surface area contributed by atoms with E-state index in [-0.39, 0.29) is 35.8 Å². The summed E-state index contributed by atoms with van der Waals surface area (Å²) in [7, 11) is 10.6. The molecule has 3 amide bonds. The van der Waals surface area contributed by atoms with Crippen LogP contribution >= 0.6 is 11.3 Å². The molecule has 30 heteroatoms. The zero-order chi connectivity index (χ0) is 100. The number of hydrogen-bond acceptors (Lipinski definition) is 23. The maximum Gasteiger partial charge on any atom is 0.247 e. The lowest BCUT2D eigenvalue weighted by Gasteiger charge is -2.33. The van der Waals surface area contributed by atoms with Gasteiger partial charge in [-0.2, -0.15) is 20.3 Å². The lowest BCUT2D eigenvalue weighted by molar-refractivity contribution is -0.124. The fraction of sp³-hybridized carbons (Fsp3) is 0.322. The number of methoxy groups -OCH3 is 3. The van der Waals surface area contributed by atoms with Crippen LogP contribution in [0.1, 0.15) is 130 Å². The number of carbonyl (C=O) groups excluding carboxylic acids is 3. The molecule has 4 aliphatic rings. The van der Waals surface area contributed by atoms with E-state index in [0.29, 0.717) is 31.8 Å². The molecule has 2 N–H and O–H groups in total. The van der Waals surface area contributed by atoms with Crippen molar-refractivity contribution < 1.29 is 33.3 Å². The number of fused-ring (bicyclic) bond motifs is 4. The first-order valence-electron chi connectivity index (χ1n) is 50.4. The molecule has 3 atom stereocenters. The van der Waals surface area contributed by atoms with Crippen molar-refractivity contribution in [2.45, 2.75) is 136 Å². The van der Waals surface area contributed by atoms with Gasteiger partial charge in [0, 0.05) is 103 Å². The van der Waals surface area contributed by atoms with Gasteiger partial charge in [0.2, 0.25) is 23.7 Å². The van der Waals surface area contributed by atoms with E-state index in [1.165, 1.54) is 82.2 Å². The van der Waals surface area contributed by atoms with Gasteiger partial charge in [0.1, 0.15) is 29.6 Å². The number of thiazole rings is 1. The first-order valence-corrected chi connectivity index (χ1v) is 51.3. The second-order valence-electron chi connectivity index (χ2n) is 37.5. The summed E-state index contributed by atoms with van der Waals surface area (Å²) in [5, 5.41) is 26.0. The van der Waals surface area contributed by atoms with Gasteiger partial charge >= 0.3 is 0 Å². The van der Waals surface area contributed by atoms with Crippen molar-refractivity contribution in [2.75, 3.05) is 133 Å². The van der Waals surface area contributed by atoms with Crippen molar-refractivity contribution in [3.63, 3.8) is 0 Å². The molecule has 4 aliphatic heterocycles. The van der Waals surface area contributed by atoms with Gasteiger partial charge in [0.25, 0.3) is 0 Å². The quantitative estimate of drug-likeness (QED) is 0.0409. The molecule has 8 aromatic carbocycles. The van der Waals surface area contributed by atoms with Gasteiger partial charge in [-0.05, 0) is 342 Å². The number of benzene rings is 8. The van der Waals surface area contributed by atoms with Crippen LogP contribution in [0.4, 0.5) is 34.4 Å². The summed E-state index contributed by atoms with van der Waals surface area (Å²) in [5.41, 5.74) is 22.1. The number of carbonyl (C=O) groups is 3. The number of aromatic nitrogens is 13. The molecule has 4 fully saturated rings. The number of rotatable bonds is 31. The van der Waals surface area contributed by atoms with E-state index < -0.39 is 0 Å². The third-order valence-electron chi connectivity index (χ3n) is 27.8. The van der Waals surface area contributed by atoms with Crippen molar-refractivity contribution in [1.29, 1.82) is 0 Å². The second kappa shape index (κ2) is 47.4. The molecule has 0 radical (unpaired) electrons. The van der Waals surface area contributed by atoms with Gasteiger partial charge in [-0.1, -0.05) is 85.6 Å². The molecule has 0 bridgehead atoms. The Morgan fingerprint density at radius 1 is 0.372 bits per heavy atom. The number of hydrogen-bond donors (Lipinski definition) is 2. The van der Waals surface area contributed by atoms with Crippen LogP contribution in [0.5, 0.6) is 23.0 Å². The molecule has 13 heterocycles. The summed E-state index contributed by atoms with van der Waals surface area (Å²) in [6, 6.07) is 88.2. The van der Waals surface area contributed by atoms with Crippen molar-refractivity contribution in [2.24, 2.45) is 0 Å². The van der Waals surface area contributed by atoms with E-state index >= 15 is 0 Å². The van der Waals surface area contributed by atoms with Crippen LogP contribution in [-0.2, 0) is 40.2 Å². The molecule has 29 nitrogen and oxygen atoms in total. The monoisotopic (exact) mass is 1960 g/mol. The topological polar surface area (TPSA) is 269 Å². The van der Waals surface area contributed by atoms with Gasteiger partial charge in [-0.15, -0.1) is 16.4 Å². The number of nitrogens with zero attached hydrogens (tertiary/aromatic N) is 20. The lowest BCUT2D eigenvalue weighted by atomic mass is 10.1. The maximum absolute atomic E-state index is 13.2. The van der Waals surface area contributed by atoms with Crippen LogP contribution in [0.3, 0.4) is 0 Å². The smallest absolute Gasteiger partial charge is 0.247 e. The summed E-state index contributed by atoms with van der Waals surface area (Å²) < 4.78 is 29.3.